The van der Waals surface area contributed by atoms with Crippen molar-refractivity contribution in [1.82, 2.24) is 10.2 Å². The highest BCUT2D eigenvalue weighted by atomic mass is 16.5. The second-order valence-corrected chi connectivity index (χ2v) is 6.50. The molecule has 0 aliphatic carbocycles. The Morgan fingerprint density at radius 3 is 2.73 bits per heavy atom. The lowest BCUT2D eigenvalue weighted by Gasteiger charge is -2.28. The van der Waals surface area contributed by atoms with E-state index in [9.17, 15) is 4.79 Å². The summed E-state index contributed by atoms with van der Waals surface area (Å²) in [6, 6.07) is 7.97. The maximum Gasteiger partial charge on any atom is 0.220 e. The van der Waals surface area contributed by atoms with Crippen LogP contribution < -0.4 is 10.1 Å². The van der Waals surface area contributed by atoms with E-state index in [0.717, 1.165) is 37.2 Å². The van der Waals surface area contributed by atoms with Gasteiger partial charge in [-0.2, -0.15) is 0 Å². The standard InChI is InChI=1S/C18H28N2O2/c1-14-6-4-5-7-17(14)22-13-15(2)19-18(21)12-16-8-10-20(3)11-9-16/h4-7,15-16H,8-13H2,1-3H3,(H,19,21)/t15-/m1/s1. The summed E-state index contributed by atoms with van der Waals surface area (Å²) in [6.45, 7) is 6.72. The van der Waals surface area contributed by atoms with Gasteiger partial charge in [0.15, 0.2) is 0 Å². The summed E-state index contributed by atoms with van der Waals surface area (Å²) in [6.07, 6.45) is 2.89. The van der Waals surface area contributed by atoms with Crippen LogP contribution in [0.15, 0.2) is 24.3 Å². The maximum absolute atomic E-state index is 12.1. The molecular formula is C18H28N2O2. The molecule has 1 heterocycles. The summed E-state index contributed by atoms with van der Waals surface area (Å²) in [4.78, 5) is 14.4. The number of carbonyl (C=O) groups is 1. The summed E-state index contributed by atoms with van der Waals surface area (Å²) in [5, 5.41) is 3.05. The number of hydrogen-bond donors (Lipinski definition) is 1. The predicted octanol–water partition coefficient (Wildman–Crippen LogP) is 2.61. The Morgan fingerprint density at radius 2 is 2.05 bits per heavy atom. The van der Waals surface area contributed by atoms with Crippen LogP contribution in [0.4, 0.5) is 0 Å². The van der Waals surface area contributed by atoms with Gasteiger partial charge in [-0.05, 0) is 64.4 Å². The van der Waals surface area contributed by atoms with Crippen LogP contribution >= 0.6 is 0 Å². The van der Waals surface area contributed by atoms with E-state index in [1.165, 1.54) is 0 Å². The fraction of sp³-hybridized carbons (Fsp3) is 0.611. The number of amides is 1. The lowest BCUT2D eigenvalue weighted by atomic mass is 9.93. The van der Waals surface area contributed by atoms with Crippen molar-refractivity contribution in [2.45, 2.75) is 39.2 Å². The molecule has 4 nitrogen and oxygen atoms in total. The van der Waals surface area contributed by atoms with Crippen LogP contribution in [0.2, 0.25) is 0 Å². The third-order valence-electron chi connectivity index (χ3n) is 4.30. The molecule has 1 aliphatic heterocycles. The normalized spacial score (nSPS) is 18.0. The van der Waals surface area contributed by atoms with E-state index in [2.05, 4.69) is 17.3 Å². The number of para-hydroxylation sites is 1. The highest BCUT2D eigenvalue weighted by Gasteiger charge is 2.20. The van der Waals surface area contributed by atoms with Crippen LogP contribution in [0.5, 0.6) is 5.75 Å². The van der Waals surface area contributed by atoms with E-state index in [1.54, 1.807) is 0 Å². The van der Waals surface area contributed by atoms with Crippen molar-refractivity contribution in [3.63, 3.8) is 0 Å². The van der Waals surface area contributed by atoms with Crippen LogP contribution in [-0.2, 0) is 4.79 Å². The molecule has 0 aromatic heterocycles. The topological polar surface area (TPSA) is 41.6 Å². The van der Waals surface area contributed by atoms with Crippen LogP contribution in [0, 0.1) is 12.8 Å². The molecule has 1 amide bonds. The zero-order valence-corrected chi connectivity index (χ0v) is 14.0. The van der Waals surface area contributed by atoms with Gasteiger partial charge in [0.05, 0.1) is 6.04 Å². The van der Waals surface area contributed by atoms with Crippen molar-refractivity contribution in [3.05, 3.63) is 29.8 Å². The van der Waals surface area contributed by atoms with Gasteiger partial charge in [0.1, 0.15) is 12.4 Å². The molecule has 1 saturated heterocycles. The Balaban J connectivity index is 1.69. The van der Waals surface area contributed by atoms with E-state index in [0.29, 0.717) is 18.9 Å². The van der Waals surface area contributed by atoms with Gasteiger partial charge in [-0.3, -0.25) is 4.79 Å². The fourth-order valence-corrected chi connectivity index (χ4v) is 2.84. The number of nitrogens with one attached hydrogen (secondary N) is 1. The first-order chi connectivity index (χ1) is 10.5. The molecule has 1 atom stereocenters. The van der Waals surface area contributed by atoms with Crippen molar-refractivity contribution in [1.29, 1.82) is 0 Å². The Morgan fingerprint density at radius 1 is 1.36 bits per heavy atom. The zero-order chi connectivity index (χ0) is 15.9. The molecule has 22 heavy (non-hydrogen) atoms. The number of piperidine rings is 1. The van der Waals surface area contributed by atoms with Gasteiger partial charge in [-0.25, -0.2) is 0 Å². The van der Waals surface area contributed by atoms with E-state index in [4.69, 9.17) is 4.74 Å². The molecule has 0 radical (unpaired) electrons. The quantitative estimate of drug-likeness (QED) is 0.878. The number of rotatable bonds is 6. The molecule has 0 bridgehead atoms. The van der Waals surface area contributed by atoms with Gasteiger partial charge < -0.3 is 15.0 Å². The summed E-state index contributed by atoms with van der Waals surface area (Å²) in [5.41, 5.74) is 1.12. The first-order valence-corrected chi connectivity index (χ1v) is 8.21. The van der Waals surface area contributed by atoms with Gasteiger partial charge in [-0.1, -0.05) is 18.2 Å². The first kappa shape index (κ1) is 16.8. The molecule has 122 valence electrons. The average molecular weight is 304 g/mol. The SMILES string of the molecule is Cc1ccccc1OC[C@@H](C)NC(=O)CC1CCN(C)CC1. The minimum Gasteiger partial charge on any atom is -0.491 e. The van der Waals surface area contributed by atoms with E-state index < -0.39 is 0 Å². The van der Waals surface area contributed by atoms with Crippen molar-refractivity contribution in [3.8, 4) is 5.75 Å². The highest BCUT2D eigenvalue weighted by Crippen LogP contribution is 2.19. The van der Waals surface area contributed by atoms with Gasteiger partial charge in [0.2, 0.25) is 5.91 Å². The molecule has 0 spiro atoms. The van der Waals surface area contributed by atoms with Crippen LogP contribution in [0.3, 0.4) is 0 Å². The highest BCUT2D eigenvalue weighted by molar-refractivity contribution is 5.76. The predicted molar refractivity (Wildman–Crippen MR) is 89.1 cm³/mol. The third-order valence-corrected chi connectivity index (χ3v) is 4.30. The average Bonchev–Trinajstić information content (AvgIpc) is 2.49. The number of hydrogen-bond acceptors (Lipinski definition) is 3. The van der Waals surface area contributed by atoms with Crippen molar-refractivity contribution >= 4 is 5.91 Å². The smallest absolute Gasteiger partial charge is 0.220 e. The number of likely N-dealkylation sites (tertiary alicyclic amines) is 1. The van der Waals surface area contributed by atoms with Gasteiger partial charge in [-0.15, -0.1) is 0 Å². The molecule has 1 aromatic rings. The summed E-state index contributed by atoms with van der Waals surface area (Å²) >= 11 is 0. The molecule has 1 aromatic carbocycles. The first-order valence-electron chi connectivity index (χ1n) is 8.21. The number of nitrogens with zero attached hydrogens (tertiary/aromatic N) is 1. The van der Waals surface area contributed by atoms with E-state index >= 15 is 0 Å². The van der Waals surface area contributed by atoms with E-state index in [1.807, 2.05) is 38.1 Å². The number of ether oxygens (including phenoxy) is 1. The number of benzene rings is 1. The summed E-state index contributed by atoms with van der Waals surface area (Å²) in [5.74, 6) is 1.56. The Labute approximate surface area is 133 Å². The van der Waals surface area contributed by atoms with Crippen LogP contribution in [0.25, 0.3) is 0 Å². The summed E-state index contributed by atoms with van der Waals surface area (Å²) in [7, 11) is 2.14. The van der Waals surface area contributed by atoms with Crippen LogP contribution in [-0.4, -0.2) is 43.6 Å². The molecule has 1 N–H and O–H groups in total. The summed E-state index contributed by atoms with van der Waals surface area (Å²) < 4.78 is 5.78. The monoisotopic (exact) mass is 304 g/mol. The zero-order valence-electron chi connectivity index (χ0n) is 14.0. The van der Waals surface area contributed by atoms with Crippen molar-refractivity contribution < 1.29 is 9.53 Å². The molecule has 1 aliphatic rings. The lowest BCUT2D eigenvalue weighted by molar-refractivity contribution is -0.123. The van der Waals surface area contributed by atoms with Crippen molar-refractivity contribution in [2.75, 3.05) is 26.7 Å². The van der Waals surface area contributed by atoms with Gasteiger partial charge >= 0.3 is 0 Å². The maximum atomic E-state index is 12.1. The van der Waals surface area contributed by atoms with Crippen LogP contribution in [0.1, 0.15) is 31.7 Å². The second-order valence-electron chi connectivity index (χ2n) is 6.50. The molecule has 1 fully saturated rings. The van der Waals surface area contributed by atoms with Crippen molar-refractivity contribution in [2.24, 2.45) is 5.92 Å². The second kappa shape index (κ2) is 8.18. The largest absolute Gasteiger partial charge is 0.491 e. The molecule has 4 heteroatoms. The Bertz CT molecular complexity index is 482. The number of carbonyl (C=O) groups excluding carboxylic acids is 1. The minimum absolute atomic E-state index is 0.0263. The van der Waals surface area contributed by atoms with E-state index in [-0.39, 0.29) is 11.9 Å². The van der Waals surface area contributed by atoms with Gasteiger partial charge in [0, 0.05) is 6.42 Å². The molecule has 0 saturated carbocycles. The Kier molecular flexibility index (Phi) is 6.25. The lowest BCUT2D eigenvalue weighted by Crippen LogP contribution is -2.39. The molecule has 2 rings (SSSR count). The minimum atomic E-state index is 0.0263. The fourth-order valence-electron chi connectivity index (χ4n) is 2.84. The van der Waals surface area contributed by atoms with Gasteiger partial charge in [0.25, 0.3) is 0 Å². The molecular weight excluding hydrogens is 276 g/mol. The third kappa shape index (κ3) is 5.34. The number of aryl methyl sites for hydroxylation is 1. The Hall–Kier alpha value is -1.55. The molecule has 0 unspecified atom stereocenters.